The minimum absolute atomic E-state index is 0.219. The molecular formula is C25H32N6O2. The molecular weight excluding hydrogens is 416 g/mol. The third-order valence-electron chi connectivity index (χ3n) is 5.98. The average molecular weight is 449 g/mol. The van der Waals surface area contributed by atoms with Crippen LogP contribution in [-0.2, 0) is 6.42 Å². The number of imidazole rings is 1. The van der Waals surface area contributed by atoms with Gasteiger partial charge in [0.1, 0.15) is 11.5 Å². The Bertz CT molecular complexity index is 1150. The Balaban J connectivity index is 1.63. The van der Waals surface area contributed by atoms with E-state index in [1.165, 1.54) is 12.8 Å². The molecule has 2 amide bonds. The maximum absolute atomic E-state index is 13.0. The van der Waals surface area contributed by atoms with Crippen molar-refractivity contribution in [1.29, 1.82) is 0 Å². The number of carbonyl (C=O) groups is 2. The molecule has 1 aromatic carbocycles. The molecule has 8 nitrogen and oxygen atoms in total. The van der Waals surface area contributed by atoms with Crippen LogP contribution in [0.15, 0.2) is 42.6 Å². The fourth-order valence-electron chi connectivity index (χ4n) is 3.92. The SMILES string of the molecule is CCc1nc2ccc(C(=O)Nc3ccc(C(N)=O)cc3)cn2c1N(CCN(C)C)CC1CC1. The van der Waals surface area contributed by atoms with Crippen molar-refractivity contribution in [3.8, 4) is 0 Å². The quantitative estimate of drug-likeness (QED) is 0.497. The minimum atomic E-state index is -0.497. The van der Waals surface area contributed by atoms with Crippen LogP contribution < -0.4 is 16.0 Å². The predicted octanol–water partition coefficient (Wildman–Crippen LogP) is 3.03. The number of nitrogens with two attached hydrogens (primary N) is 1. The van der Waals surface area contributed by atoms with Crippen molar-refractivity contribution in [2.24, 2.45) is 11.7 Å². The fraction of sp³-hybridized carbons (Fsp3) is 0.400. The predicted molar refractivity (Wildman–Crippen MR) is 131 cm³/mol. The lowest BCUT2D eigenvalue weighted by Crippen LogP contribution is -2.34. The number of benzene rings is 1. The Morgan fingerprint density at radius 3 is 2.39 bits per heavy atom. The van der Waals surface area contributed by atoms with Crippen molar-refractivity contribution in [2.45, 2.75) is 26.2 Å². The normalized spacial score (nSPS) is 13.5. The van der Waals surface area contributed by atoms with E-state index in [-0.39, 0.29) is 5.91 Å². The van der Waals surface area contributed by atoms with E-state index in [0.717, 1.165) is 49.1 Å². The van der Waals surface area contributed by atoms with Crippen molar-refractivity contribution in [2.75, 3.05) is 43.9 Å². The van der Waals surface area contributed by atoms with Crippen LogP contribution in [0, 0.1) is 5.92 Å². The molecule has 1 saturated carbocycles. The zero-order valence-electron chi connectivity index (χ0n) is 19.5. The third-order valence-corrected chi connectivity index (χ3v) is 5.98. The number of aromatic nitrogens is 2. The second-order valence-electron chi connectivity index (χ2n) is 8.97. The summed E-state index contributed by atoms with van der Waals surface area (Å²) in [4.78, 5) is 33.7. The molecule has 0 bridgehead atoms. The smallest absolute Gasteiger partial charge is 0.257 e. The lowest BCUT2D eigenvalue weighted by Gasteiger charge is -2.27. The molecule has 0 radical (unpaired) electrons. The third kappa shape index (κ3) is 5.34. The lowest BCUT2D eigenvalue weighted by molar-refractivity contribution is 0.0998. The second kappa shape index (κ2) is 9.62. The van der Waals surface area contributed by atoms with Crippen LogP contribution in [0.25, 0.3) is 5.65 Å². The van der Waals surface area contributed by atoms with E-state index in [9.17, 15) is 9.59 Å². The molecule has 3 aromatic rings. The summed E-state index contributed by atoms with van der Waals surface area (Å²) >= 11 is 0. The number of hydrogen-bond acceptors (Lipinski definition) is 5. The Labute approximate surface area is 194 Å². The van der Waals surface area contributed by atoms with Crippen LogP contribution in [0.2, 0.25) is 0 Å². The van der Waals surface area contributed by atoms with Gasteiger partial charge in [0.15, 0.2) is 0 Å². The summed E-state index contributed by atoms with van der Waals surface area (Å²) in [6.07, 6.45) is 5.26. The monoisotopic (exact) mass is 448 g/mol. The number of amides is 2. The molecule has 1 aliphatic rings. The molecule has 1 fully saturated rings. The molecule has 1 aliphatic carbocycles. The van der Waals surface area contributed by atoms with Gasteiger partial charge in [0, 0.05) is 37.1 Å². The number of primary amides is 1. The number of nitrogens with one attached hydrogen (secondary N) is 1. The fourth-order valence-corrected chi connectivity index (χ4v) is 3.92. The maximum Gasteiger partial charge on any atom is 0.257 e. The Morgan fingerprint density at radius 2 is 1.79 bits per heavy atom. The van der Waals surface area contributed by atoms with Gasteiger partial charge in [-0.3, -0.25) is 14.0 Å². The summed E-state index contributed by atoms with van der Waals surface area (Å²) in [5.41, 5.74) is 8.73. The van der Waals surface area contributed by atoms with Crippen LogP contribution in [0.5, 0.6) is 0 Å². The summed E-state index contributed by atoms with van der Waals surface area (Å²) in [5, 5.41) is 2.90. The van der Waals surface area contributed by atoms with Crippen LogP contribution in [0.1, 0.15) is 46.2 Å². The highest BCUT2D eigenvalue weighted by molar-refractivity contribution is 6.04. The van der Waals surface area contributed by atoms with E-state index in [1.54, 1.807) is 30.3 Å². The van der Waals surface area contributed by atoms with Gasteiger partial charge in [0.2, 0.25) is 5.91 Å². The molecule has 0 unspecified atom stereocenters. The summed E-state index contributed by atoms with van der Waals surface area (Å²) in [7, 11) is 4.17. The number of fused-ring (bicyclic) bond motifs is 1. The standard InChI is InChI=1S/C25H32N6O2/c1-4-21-25(30(14-13-29(2)3)15-17-5-6-17)31-16-19(9-12-22(31)28-21)24(33)27-20-10-7-18(8-11-20)23(26)32/h7-12,16-17H,4-6,13-15H2,1-3H3,(H2,26,32)(H,27,33). The molecule has 0 spiro atoms. The van der Waals surface area contributed by atoms with Crippen LogP contribution in [0.3, 0.4) is 0 Å². The van der Waals surface area contributed by atoms with E-state index in [1.807, 2.05) is 12.3 Å². The summed E-state index contributed by atoms with van der Waals surface area (Å²) in [5.74, 6) is 1.10. The number of carbonyl (C=O) groups excluding carboxylic acids is 2. The van der Waals surface area contributed by atoms with E-state index < -0.39 is 5.91 Å². The number of likely N-dealkylation sites (N-methyl/N-ethyl adjacent to an activating group) is 1. The van der Waals surface area contributed by atoms with Gasteiger partial charge in [0.05, 0.1) is 11.3 Å². The topological polar surface area (TPSA) is 96.0 Å². The Morgan fingerprint density at radius 1 is 1.09 bits per heavy atom. The molecule has 174 valence electrons. The van der Waals surface area contributed by atoms with Gasteiger partial charge in [-0.25, -0.2) is 4.98 Å². The van der Waals surface area contributed by atoms with Crippen molar-refractivity contribution in [3.05, 3.63) is 59.4 Å². The Hall–Kier alpha value is -3.39. The van der Waals surface area contributed by atoms with Crippen molar-refractivity contribution < 1.29 is 9.59 Å². The first kappa shape index (κ1) is 22.8. The van der Waals surface area contributed by atoms with Gasteiger partial charge < -0.3 is 20.9 Å². The minimum Gasteiger partial charge on any atom is -0.366 e. The van der Waals surface area contributed by atoms with Crippen LogP contribution in [-0.4, -0.2) is 59.8 Å². The van der Waals surface area contributed by atoms with Crippen LogP contribution >= 0.6 is 0 Å². The van der Waals surface area contributed by atoms with E-state index >= 15 is 0 Å². The van der Waals surface area contributed by atoms with Crippen molar-refractivity contribution in [1.82, 2.24) is 14.3 Å². The highest BCUT2D eigenvalue weighted by Crippen LogP contribution is 2.33. The van der Waals surface area contributed by atoms with Gasteiger partial charge in [-0.2, -0.15) is 0 Å². The lowest BCUT2D eigenvalue weighted by atomic mass is 10.2. The maximum atomic E-state index is 13.0. The number of nitrogens with zero attached hydrogens (tertiary/aromatic N) is 4. The average Bonchev–Trinajstić information content (AvgIpc) is 3.54. The molecule has 33 heavy (non-hydrogen) atoms. The molecule has 0 aliphatic heterocycles. The van der Waals surface area contributed by atoms with Crippen molar-refractivity contribution >= 4 is 29.0 Å². The first-order valence-electron chi connectivity index (χ1n) is 11.5. The molecule has 2 heterocycles. The number of aryl methyl sites for hydroxylation is 1. The molecule has 8 heteroatoms. The first-order valence-corrected chi connectivity index (χ1v) is 11.5. The molecule has 0 atom stereocenters. The van der Waals surface area contributed by atoms with E-state index in [2.05, 4.69) is 40.5 Å². The Kier molecular flexibility index (Phi) is 6.65. The van der Waals surface area contributed by atoms with E-state index in [0.29, 0.717) is 16.8 Å². The summed E-state index contributed by atoms with van der Waals surface area (Å²) in [6, 6.07) is 10.2. The summed E-state index contributed by atoms with van der Waals surface area (Å²) in [6.45, 7) is 4.99. The van der Waals surface area contributed by atoms with Gasteiger partial charge in [0.25, 0.3) is 5.91 Å². The van der Waals surface area contributed by atoms with Gasteiger partial charge in [-0.15, -0.1) is 0 Å². The van der Waals surface area contributed by atoms with Gasteiger partial charge >= 0.3 is 0 Å². The zero-order chi connectivity index (χ0) is 23.5. The largest absolute Gasteiger partial charge is 0.366 e. The zero-order valence-corrected chi connectivity index (χ0v) is 19.5. The summed E-state index contributed by atoms with van der Waals surface area (Å²) < 4.78 is 2.06. The number of anilines is 2. The highest BCUT2D eigenvalue weighted by atomic mass is 16.2. The number of hydrogen-bond donors (Lipinski definition) is 2. The van der Waals surface area contributed by atoms with Crippen molar-refractivity contribution in [3.63, 3.8) is 0 Å². The van der Waals surface area contributed by atoms with Gasteiger partial charge in [-0.05, 0) is 75.7 Å². The van der Waals surface area contributed by atoms with Gasteiger partial charge in [-0.1, -0.05) is 6.92 Å². The first-order chi connectivity index (χ1) is 15.9. The number of pyridine rings is 1. The van der Waals surface area contributed by atoms with E-state index in [4.69, 9.17) is 10.7 Å². The molecule has 3 N–H and O–H groups in total. The van der Waals surface area contributed by atoms with Crippen LogP contribution in [0.4, 0.5) is 11.5 Å². The molecule has 0 saturated heterocycles. The highest BCUT2D eigenvalue weighted by Gasteiger charge is 2.27. The second-order valence-corrected chi connectivity index (χ2v) is 8.97. The molecule has 2 aromatic heterocycles. The number of rotatable bonds is 10. The molecule has 4 rings (SSSR count).